The van der Waals surface area contributed by atoms with Crippen LogP contribution < -0.4 is 14.8 Å². The number of aromatic nitrogens is 6. The van der Waals surface area contributed by atoms with Crippen molar-refractivity contribution >= 4 is 22.4 Å². The zero-order valence-corrected chi connectivity index (χ0v) is 21.9. The fourth-order valence-electron chi connectivity index (χ4n) is 4.21. The van der Waals surface area contributed by atoms with Crippen LogP contribution in [-0.4, -0.2) is 35.5 Å². The first-order chi connectivity index (χ1) is 18.5. The van der Waals surface area contributed by atoms with Crippen LogP contribution in [0.3, 0.4) is 0 Å². The van der Waals surface area contributed by atoms with E-state index in [1.165, 1.54) is 15.9 Å². The van der Waals surface area contributed by atoms with E-state index >= 15 is 0 Å². The lowest BCUT2D eigenvalue weighted by molar-refractivity contribution is 0.241. The van der Waals surface area contributed by atoms with Crippen molar-refractivity contribution in [3.05, 3.63) is 105 Å². The Morgan fingerprint density at radius 1 is 1.00 bits per heavy atom. The number of thiazole rings is 1. The van der Waals surface area contributed by atoms with Crippen LogP contribution in [0.1, 0.15) is 25.0 Å². The van der Waals surface area contributed by atoms with Crippen molar-refractivity contribution in [1.82, 2.24) is 29.4 Å². The standard InChI is InChI=1S/C29H24N6O2S/c1-18(2)37-24-12-11-20(14-19(24)3)26-22(17-34(32-26)23-9-5-4-6-10-23)15-25-28(36)35-29(38-25)31-27(33-35)21-8-7-13-30-16-21/h4-18H,1-3H3/b25-15-. The Morgan fingerprint density at radius 2 is 1.84 bits per heavy atom. The van der Waals surface area contributed by atoms with E-state index in [1.54, 1.807) is 12.4 Å². The number of para-hydroxylation sites is 1. The molecule has 0 aliphatic rings. The molecular weight excluding hydrogens is 496 g/mol. The molecule has 0 N–H and O–H groups in total. The van der Waals surface area contributed by atoms with Crippen LogP contribution in [0.5, 0.6) is 5.75 Å². The topological polar surface area (TPSA) is 87.2 Å². The maximum atomic E-state index is 13.3. The van der Waals surface area contributed by atoms with Gasteiger partial charge < -0.3 is 4.74 Å². The molecule has 0 spiro atoms. The highest BCUT2D eigenvalue weighted by Gasteiger charge is 2.16. The molecular formula is C29H24N6O2S. The summed E-state index contributed by atoms with van der Waals surface area (Å²) in [5.74, 6) is 1.32. The molecule has 9 heteroatoms. The predicted octanol–water partition coefficient (Wildman–Crippen LogP) is 4.71. The predicted molar refractivity (Wildman–Crippen MR) is 149 cm³/mol. The molecule has 6 rings (SSSR count). The van der Waals surface area contributed by atoms with Crippen LogP contribution in [0, 0.1) is 6.92 Å². The van der Waals surface area contributed by atoms with Gasteiger partial charge in [-0.25, -0.2) is 4.68 Å². The smallest absolute Gasteiger partial charge is 0.291 e. The Kier molecular flexibility index (Phi) is 6.05. The van der Waals surface area contributed by atoms with Gasteiger partial charge in [-0.1, -0.05) is 29.5 Å². The molecule has 188 valence electrons. The van der Waals surface area contributed by atoms with E-state index in [1.807, 2.05) is 92.3 Å². The highest BCUT2D eigenvalue weighted by Crippen LogP contribution is 2.29. The summed E-state index contributed by atoms with van der Waals surface area (Å²) in [6.45, 7) is 6.04. The van der Waals surface area contributed by atoms with Crippen molar-refractivity contribution in [2.24, 2.45) is 0 Å². The van der Waals surface area contributed by atoms with Crippen molar-refractivity contribution in [3.63, 3.8) is 0 Å². The monoisotopic (exact) mass is 520 g/mol. The summed E-state index contributed by atoms with van der Waals surface area (Å²) in [7, 11) is 0. The molecule has 0 amide bonds. The van der Waals surface area contributed by atoms with E-state index in [4.69, 9.17) is 9.84 Å². The van der Waals surface area contributed by atoms with Crippen molar-refractivity contribution in [1.29, 1.82) is 0 Å². The fraction of sp³-hybridized carbons (Fsp3) is 0.138. The molecule has 0 aliphatic carbocycles. The Bertz CT molecular complexity index is 1860. The van der Waals surface area contributed by atoms with E-state index in [0.717, 1.165) is 39.4 Å². The van der Waals surface area contributed by atoms with E-state index in [9.17, 15) is 4.79 Å². The summed E-state index contributed by atoms with van der Waals surface area (Å²) in [6.07, 6.45) is 7.26. The van der Waals surface area contributed by atoms with Gasteiger partial charge in [0.25, 0.3) is 5.56 Å². The minimum atomic E-state index is -0.220. The highest BCUT2D eigenvalue weighted by atomic mass is 32.1. The second kappa shape index (κ2) is 9.68. The minimum absolute atomic E-state index is 0.0845. The van der Waals surface area contributed by atoms with E-state index < -0.39 is 0 Å². The molecule has 0 saturated carbocycles. The zero-order chi connectivity index (χ0) is 26.2. The largest absolute Gasteiger partial charge is 0.491 e. The van der Waals surface area contributed by atoms with Crippen LogP contribution in [0.4, 0.5) is 0 Å². The van der Waals surface area contributed by atoms with Crippen molar-refractivity contribution in [2.45, 2.75) is 26.9 Å². The Hall–Kier alpha value is -4.63. The summed E-state index contributed by atoms with van der Waals surface area (Å²) in [6, 6.07) is 19.6. The first-order valence-electron chi connectivity index (χ1n) is 12.2. The average Bonchev–Trinajstić information content (AvgIpc) is 3.61. The summed E-state index contributed by atoms with van der Waals surface area (Å²) >= 11 is 1.30. The Labute approximate surface area is 222 Å². The number of hydrogen-bond acceptors (Lipinski definition) is 7. The lowest BCUT2D eigenvalue weighted by atomic mass is 10.0. The fourth-order valence-corrected chi connectivity index (χ4v) is 5.10. The van der Waals surface area contributed by atoms with Crippen molar-refractivity contribution in [2.75, 3.05) is 0 Å². The second-order valence-corrected chi connectivity index (χ2v) is 10.2. The van der Waals surface area contributed by atoms with Gasteiger partial charge >= 0.3 is 0 Å². The zero-order valence-electron chi connectivity index (χ0n) is 21.1. The van der Waals surface area contributed by atoms with Gasteiger partial charge in [-0.15, -0.1) is 5.10 Å². The molecule has 0 radical (unpaired) electrons. The maximum absolute atomic E-state index is 13.3. The van der Waals surface area contributed by atoms with Crippen LogP contribution in [0.25, 0.3) is 39.4 Å². The normalized spacial score (nSPS) is 12.1. The van der Waals surface area contributed by atoms with Gasteiger partial charge in [0.05, 0.1) is 16.3 Å². The summed E-state index contributed by atoms with van der Waals surface area (Å²) in [5.41, 5.74) is 5.01. The molecule has 4 heterocycles. The third-order valence-corrected chi connectivity index (χ3v) is 6.92. The van der Waals surface area contributed by atoms with Gasteiger partial charge in [0.2, 0.25) is 4.96 Å². The summed E-state index contributed by atoms with van der Waals surface area (Å²) in [4.78, 5) is 22.5. The number of benzene rings is 2. The second-order valence-electron chi connectivity index (χ2n) is 9.15. The van der Waals surface area contributed by atoms with Crippen LogP contribution in [0.15, 0.2) is 84.0 Å². The summed E-state index contributed by atoms with van der Waals surface area (Å²) < 4.78 is 9.64. The van der Waals surface area contributed by atoms with Crippen LogP contribution in [-0.2, 0) is 0 Å². The Balaban J connectivity index is 1.47. The Morgan fingerprint density at radius 3 is 2.55 bits per heavy atom. The van der Waals surface area contributed by atoms with E-state index in [0.29, 0.717) is 15.3 Å². The lowest BCUT2D eigenvalue weighted by Crippen LogP contribution is -2.23. The van der Waals surface area contributed by atoms with Gasteiger partial charge in [0.1, 0.15) is 11.4 Å². The quantitative estimate of drug-likeness (QED) is 0.316. The molecule has 2 aromatic carbocycles. The van der Waals surface area contributed by atoms with Gasteiger partial charge in [0, 0.05) is 35.3 Å². The molecule has 0 saturated heterocycles. The van der Waals surface area contributed by atoms with Crippen LogP contribution >= 0.6 is 11.3 Å². The third-order valence-electron chi connectivity index (χ3n) is 5.96. The minimum Gasteiger partial charge on any atom is -0.491 e. The van der Waals surface area contributed by atoms with Gasteiger partial charge in [-0.05, 0) is 74.9 Å². The highest BCUT2D eigenvalue weighted by molar-refractivity contribution is 7.15. The number of pyridine rings is 1. The molecule has 0 unspecified atom stereocenters. The molecule has 0 aliphatic heterocycles. The molecule has 0 fully saturated rings. The molecule has 38 heavy (non-hydrogen) atoms. The lowest BCUT2D eigenvalue weighted by Gasteiger charge is -2.13. The molecule has 8 nitrogen and oxygen atoms in total. The molecule has 0 bridgehead atoms. The first-order valence-corrected chi connectivity index (χ1v) is 13.0. The van der Waals surface area contributed by atoms with Crippen LogP contribution in [0.2, 0.25) is 0 Å². The third kappa shape index (κ3) is 4.48. The van der Waals surface area contributed by atoms with Gasteiger partial charge in [-0.3, -0.25) is 9.78 Å². The number of rotatable bonds is 6. The molecule has 6 aromatic rings. The number of hydrogen-bond donors (Lipinski definition) is 0. The average molecular weight is 521 g/mol. The number of fused-ring (bicyclic) bond motifs is 1. The van der Waals surface area contributed by atoms with E-state index in [-0.39, 0.29) is 11.7 Å². The molecule has 4 aromatic heterocycles. The number of ether oxygens (including phenoxy) is 1. The van der Waals surface area contributed by atoms with Gasteiger partial charge in [0.15, 0.2) is 5.82 Å². The number of aryl methyl sites for hydroxylation is 1. The summed E-state index contributed by atoms with van der Waals surface area (Å²) in [5, 5.41) is 9.34. The van der Waals surface area contributed by atoms with Crippen molar-refractivity contribution in [3.8, 4) is 34.1 Å². The van der Waals surface area contributed by atoms with E-state index in [2.05, 4.69) is 21.1 Å². The maximum Gasteiger partial charge on any atom is 0.291 e. The number of nitrogens with zero attached hydrogens (tertiary/aromatic N) is 6. The van der Waals surface area contributed by atoms with Gasteiger partial charge in [-0.2, -0.15) is 14.6 Å². The molecule has 0 atom stereocenters. The first kappa shape index (κ1) is 23.7. The SMILES string of the molecule is Cc1cc(-c2nn(-c3ccccc3)cc2/C=c2\sc3nc(-c4cccnc4)nn3c2=O)ccc1OC(C)C. The van der Waals surface area contributed by atoms with Crippen molar-refractivity contribution < 1.29 is 4.74 Å².